The maximum absolute atomic E-state index is 12.8. The SMILES string of the molecule is COC(=O)[C@H](Cc1ccccc1)NC(=O)CC[C@H]1O[C@H]([C@H]2COC(C)(C)O2)[C@@H]2OC(C)(C)O[C@@H]21. The van der Waals surface area contributed by atoms with Gasteiger partial charge in [-0.2, -0.15) is 0 Å². The molecule has 1 aromatic rings. The molecular weight excluding hydrogens is 442 g/mol. The molecule has 188 valence electrons. The molecule has 0 spiro atoms. The van der Waals surface area contributed by atoms with Gasteiger partial charge in [0.05, 0.1) is 19.8 Å². The first kappa shape index (κ1) is 25.1. The van der Waals surface area contributed by atoms with E-state index in [2.05, 4.69) is 5.32 Å². The van der Waals surface area contributed by atoms with E-state index < -0.39 is 23.6 Å². The van der Waals surface area contributed by atoms with E-state index in [1.54, 1.807) is 0 Å². The summed E-state index contributed by atoms with van der Waals surface area (Å²) in [6.07, 6.45) is -0.686. The fourth-order valence-electron chi connectivity index (χ4n) is 4.85. The van der Waals surface area contributed by atoms with Crippen LogP contribution in [0.5, 0.6) is 0 Å². The summed E-state index contributed by atoms with van der Waals surface area (Å²) in [5, 5.41) is 2.81. The van der Waals surface area contributed by atoms with Gasteiger partial charge >= 0.3 is 5.97 Å². The van der Waals surface area contributed by atoms with Gasteiger partial charge in [0.1, 0.15) is 30.5 Å². The summed E-state index contributed by atoms with van der Waals surface area (Å²) in [6.45, 7) is 7.87. The smallest absolute Gasteiger partial charge is 0.328 e. The highest BCUT2D eigenvalue weighted by Gasteiger charge is 2.58. The maximum Gasteiger partial charge on any atom is 0.328 e. The number of methoxy groups -OCH3 is 1. The van der Waals surface area contributed by atoms with Crippen LogP contribution in [0.4, 0.5) is 0 Å². The van der Waals surface area contributed by atoms with Crippen LogP contribution < -0.4 is 5.32 Å². The van der Waals surface area contributed by atoms with Crippen molar-refractivity contribution >= 4 is 11.9 Å². The Bertz CT molecular complexity index is 873. The van der Waals surface area contributed by atoms with Crippen molar-refractivity contribution in [1.82, 2.24) is 5.32 Å². The van der Waals surface area contributed by atoms with Gasteiger partial charge in [0.15, 0.2) is 11.6 Å². The van der Waals surface area contributed by atoms with Crippen molar-refractivity contribution in [3.05, 3.63) is 35.9 Å². The number of hydrogen-bond donors (Lipinski definition) is 1. The second-order valence-corrected chi connectivity index (χ2v) is 9.94. The van der Waals surface area contributed by atoms with Crippen LogP contribution in [0.1, 0.15) is 46.1 Å². The number of benzene rings is 1. The zero-order valence-electron chi connectivity index (χ0n) is 20.4. The second-order valence-electron chi connectivity index (χ2n) is 9.94. The summed E-state index contributed by atoms with van der Waals surface area (Å²) in [7, 11) is 1.31. The molecule has 0 aromatic heterocycles. The molecule has 1 aromatic carbocycles. The van der Waals surface area contributed by atoms with Crippen molar-refractivity contribution in [3.63, 3.8) is 0 Å². The Morgan fingerprint density at radius 1 is 1.03 bits per heavy atom. The molecule has 0 unspecified atom stereocenters. The van der Waals surface area contributed by atoms with E-state index >= 15 is 0 Å². The minimum Gasteiger partial charge on any atom is -0.467 e. The molecule has 9 heteroatoms. The number of carbonyl (C=O) groups excluding carboxylic acids is 2. The number of amides is 1. The van der Waals surface area contributed by atoms with Gasteiger partial charge in [-0.1, -0.05) is 30.3 Å². The lowest BCUT2D eigenvalue weighted by molar-refractivity contribution is -0.206. The lowest BCUT2D eigenvalue weighted by Gasteiger charge is -2.27. The van der Waals surface area contributed by atoms with E-state index in [-0.39, 0.29) is 42.8 Å². The van der Waals surface area contributed by atoms with Gasteiger partial charge in [0.2, 0.25) is 5.91 Å². The molecule has 3 saturated heterocycles. The van der Waals surface area contributed by atoms with Crippen LogP contribution in [0.2, 0.25) is 0 Å². The Morgan fingerprint density at radius 2 is 1.74 bits per heavy atom. The number of rotatable bonds is 8. The van der Waals surface area contributed by atoms with Crippen LogP contribution in [0.15, 0.2) is 30.3 Å². The number of nitrogens with one attached hydrogen (secondary N) is 1. The highest BCUT2D eigenvalue weighted by Crippen LogP contribution is 2.43. The number of carbonyl (C=O) groups is 2. The van der Waals surface area contributed by atoms with E-state index in [9.17, 15) is 9.59 Å². The van der Waals surface area contributed by atoms with Gasteiger partial charge in [-0.15, -0.1) is 0 Å². The predicted octanol–water partition coefficient (Wildman–Crippen LogP) is 2.11. The minimum absolute atomic E-state index is 0.167. The summed E-state index contributed by atoms with van der Waals surface area (Å²) in [6, 6.07) is 8.73. The molecule has 0 aliphatic carbocycles. The number of ether oxygens (including phenoxy) is 6. The molecule has 34 heavy (non-hydrogen) atoms. The molecule has 0 bridgehead atoms. The highest BCUT2D eigenvalue weighted by molar-refractivity contribution is 5.84. The van der Waals surface area contributed by atoms with Gasteiger partial charge in [-0.3, -0.25) is 4.79 Å². The lowest BCUT2D eigenvalue weighted by Crippen LogP contribution is -2.43. The Morgan fingerprint density at radius 3 is 2.38 bits per heavy atom. The van der Waals surface area contributed by atoms with Crippen LogP contribution in [-0.4, -0.2) is 73.7 Å². The van der Waals surface area contributed by atoms with Gasteiger partial charge in [0, 0.05) is 12.8 Å². The molecule has 9 nitrogen and oxygen atoms in total. The van der Waals surface area contributed by atoms with Crippen LogP contribution in [-0.2, 0) is 44.4 Å². The van der Waals surface area contributed by atoms with Crippen molar-refractivity contribution < 1.29 is 38.0 Å². The first-order valence-electron chi connectivity index (χ1n) is 11.8. The summed E-state index contributed by atoms with van der Waals surface area (Å²) < 4.78 is 35.2. The minimum atomic E-state index is -0.763. The molecule has 0 saturated carbocycles. The third-order valence-electron chi connectivity index (χ3n) is 6.34. The summed E-state index contributed by atoms with van der Waals surface area (Å²) in [5.41, 5.74) is 0.934. The molecule has 1 amide bonds. The fraction of sp³-hybridized carbons (Fsp3) is 0.680. The molecule has 1 N–H and O–H groups in total. The number of hydrogen-bond acceptors (Lipinski definition) is 8. The van der Waals surface area contributed by atoms with E-state index in [1.807, 2.05) is 58.0 Å². The number of esters is 1. The van der Waals surface area contributed by atoms with E-state index in [1.165, 1.54) is 7.11 Å². The lowest BCUT2D eigenvalue weighted by atomic mass is 10.0. The van der Waals surface area contributed by atoms with Crippen LogP contribution in [0.3, 0.4) is 0 Å². The second kappa shape index (κ2) is 9.91. The molecule has 3 aliphatic rings. The molecule has 4 rings (SSSR count). The molecule has 3 aliphatic heterocycles. The largest absolute Gasteiger partial charge is 0.467 e. The zero-order valence-corrected chi connectivity index (χ0v) is 20.4. The molecule has 3 fully saturated rings. The molecular formula is C25H35NO8. The third-order valence-corrected chi connectivity index (χ3v) is 6.34. The van der Waals surface area contributed by atoms with Gasteiger partial charge in [0.25, 0.3) is 0 Å². The quantitative estimate of drug-likeness (QED) is 0.568. The zero-order chi connectivity index (χ0) is 24.5. The maximum atomic E-state index is 12.8. The standard InChI is InChI=1S/C25H35NO8/c1-24(2)30-14-18(32-24)20-22-21(33-25(3,4)34-22)17(31-20)11-12-19(27)26-16(23(28)29-5)13-15-9-7-6-8-10-15/h6-10,16-18,20-22H,11-14H2,1-5H3,(H,26,27)/t16-,17+,18+,20+,21+,22-/m0/s1. The Balaban J connectivity index is 1.36. The van der Waals surface area contributed by atoms with Gasteiger partial charge in [-0.05, 0) is 39.7 Å². The van der Waals surface area contributed by atoms with Gasteiger partial charge < -0.3 is 33.7 Å². The molecule has 6 atom stereocenters. The van der Waals surface area contributed by atoms with E-state index in [4.69, 9.17) is 28.4 Å². The van der Waals surface area contributed by atoms with E-state index in [0.717, 1.165) is 5.56 Å². The van der Waals surface area contributed by atoms with Crippen molar-refractivity contribution in [2.75, 3.05) is 13.7 Å². The Labute approximate surface area is 200 Å². The third kappa shape index (κ3) is 5.78. The number of fused-ring (bicyclic) bond motifs is 1. The topological polar surface area (TPSA) is 102 Å². The predicted molar refractivity (Wildman–Crippen MR) is 121 cm³/mol. The van der Waals surface area contributed by atoms with Gasteiger partial charge in [-0.25, -0.2) is 4.79 Å². The van der Waals surface area contributed by atoms with Crippen molar-refractivity contribution in [2.24, 2.45) is 0 Å². The fourth-order valence-corrected chi connectivity index (χ4v) is 4.85. The van der Waals surface area contributed by atoms with E-state index in [0.29, 0.717) is 19.4 Å². The monoisotopic (exact) mass is 477 g/mol. The Kier molecular flexibility index (Phi) is 7.30. The van der Waals surface area contributed by atoms with Crippen molar-refractivity contribution in [3.8, 4) is 0 Å². The van der Waals surface area contributed by atoms with Crippen LogP contribution in [0, 0.1) is 0 Å². The average molecular weight is 478 g/mol. The average Bonchev–Trinajstić information content (AvgIpc) is 3.41. The Hall–Kier alpha value is -2.04. The normalized spacial score (nSPS) is 32.2. The van der Waals surface area contributed by atoms with Crippen LogP contribution in [0.25, 0.3) is 0 Å². The van der Waals surface area contributed by atoms with Crippen molar-refractivity contribution in [1.29, 1.82) is 0 Å². The molecule has 3 heterocycles. The summed E-state index contributed by atoms with van der Waals surface area (Å²) >= 11 is 0. The first-order chi connectivity index (χ1) is 16.1. The highest BCUT2D eigenvalue weighted by atomic mass is 16.8. The first-order valence-corrected chi connectivity index (χ1v) is 11.8. The molecule has 0 radical (unpaired) electrons. The van der Waals surface area contributed by atoms with Crippen molar-refractivity contribution in [2.45, 2.75) is 95.1 Å². The summed E-state index contributed by atoms with van der Waals surface area (Å²) in [5.74, 6) is -2.17. The summed E-state index contributed by atoms with van der Waals surface area (Å²) in [4.78, 5) is 25.0. The van der Waals surface area contributed by atoms with Crippen LogP contribution >= 0.6 is 0 Å².